The number of hydrogen-bond acceptors (Lipinski definition) is 1. The average molecular weight is 110 g/mol. The number of allylic oxidation sites excluding steroid dienone is 3. The predicted octanol–water partition coefficient (Wildman–Crippen LogP) is 1.56. The van der Waals surface area contributed by atoms with Crippen LogP contribution >= 0.6 is 0 Å². The lowest BCUT2D eigenvalue weighted by Crippen LogP contribution is -1.86. The highest BCUT2D eigenvalue weighted by molar-refractivity contribution is 5.55. The second-order valence-electron chi connectivity index (χ2n) is 1.62. The van der Waals surface area contributed by atoms with Gasteiger partial charge in [-0.2, -0.15) is 0 Å². The summed E-state index contributed by atoms with van der Waals surface area (Å²) in [6.45, 7) is 5.29. The van der Waals surface area contributed by atoms with Gasteiger partial charge in [-0.3, -0.25) is 0 Å². The van der Waals surface area contributed by atoms with Gasteiger partial charge < -0.3 is 4.79 Å². The SMILES string of the molecule is C=CC=CC(C)C=O. The summed E-state index contributed by atoms with van der Waals surface area (Å²) in [6.07, 6.45) is 6.10. The maximum absolute atomic E-state index is 9.93. The maximum atomic E-state index is 9.93. The van der Waals surface area contributed by atoms with Crippen LogP contribution in [0.5, 0.6) is 0 Å². The molecule has 0 aromatic carbocycles. The Morgan fingerprint density at radius 1 is 1.62 bits per heavy atom. The smallest absolute Gasteiger partial charge is 0.126 e. The second-order valence-corrected chi connectivity index (χ2v) is 1.62. The third-order valence-corrected chi connectivity index (χ3v) is 0.765. The molecule has 0 aliphatic heterocycles. The monoisotopic (exact) mass is 110 g/mol. The maximum Gasteiger partial charge on any atom is 0.126 e. The molecule has 1 nitrogen and oxygen atoms in total. The number of rotatable bonds is 3. The summed E-state index contributed by atoms with van der Waals surface area (Å²) >= 11 is 0. The first-order valence-corrected chi connectivity index (χ1v) is 2.55. The van der Waals surface area contributed by atoms with Crippen molar-refractivity contribution in [3.63, 3.8) is 0 Å². The molecule has 0 aliphatic carbocycles. The summed E-state index contributed by atoms with van der Waals surface area (Å²) in [5.74, 6) is 0.0213. The molecule has 0 rings (SSSR count). The molecule has 1 atom stereocenters. The Morgan fingerprint density at radius 2 is 2.25 bits per heavy atom. The molecular formula is C7H10O. The van der Waals surface area contributed by atoms with Crippen LogP contribution in [0.3, 0.4) is 0 Å². The van der Waals surface area contributed by atoms with Crippen molar-refractivity contribution in [1.29, 1.82) is 0 Å². The molecule has 1 unspecified atom stereocenters. The average Bonchev–Trinajstić information content (AvgIpc) is 1.83. The molecule has 8 heavy (non-hydrogen) atoms. The Bertz CT molecular complexity index is 103. The minimum atomic E-state index is 0.0213. The third-order valence-electron chi connectivity index (χ3n) is 0.765. The molecule has 0 aromatic heterocycles. The van der Waals surface area contributed by atoms with Gasteiger partial charge in [-0.25, -0.2) is 0 Å². The topological polar surface area (TPSA) is 17.1 Å². The zero-order valence-electron chi connectivity index (χ0n) is 5.00. The van der Waals surface area contributed by atoms with Gasteiger partial charge in [0.25, 0.3) is 0 Å². The van der Waals surface area contributed by atoms with Crippen molar-refractivity contribution in [2.45, 2.75) is 6.92 Å². The van der Waals surface area contributed by atoms with E-state index >= 15 is 0 Å². The van der Waals surface area contributed by atoms with Crippen LogP contribution in [0.2, 0.25) is 0 Å². The predicted molar refractivity (Wildman–Crippen MR) is 34.6 cm³/mol. The fourth-order valence-electron chi connectivity index (χ4n) is 0.299. The fourth-order valence-corrected chi connectivity index (χ4v) is 0.299. The van der Waals surface area contributed by atoms with Crippen molar-refractivity contribution in [3.8, 4) is 0 Å². The van der Waals surface area contributed by atoms with Crippen LogP contribution in [0.4, 0.5) is 0 Å². The van der Waals surface area contributed by atoms with E-state index in [0.29, 0.717) is 0 Å². The summed E-state index contributed by atoms with van der Waals surface area (Å²) in [4.78, 5) is 9.93. The number of carbonyl (C=O) groups is 1. The molecule has 0 saturated heterocycles. The Morgan fingerprint density at radius 3 is 2.62 bits per heavy atom. The zero-order chi connectivity index (χ0) is 6.41. The first-order valence-electron chi connectivity index (χ1n) is 2.55. The van der Waals surface area contributed by atoms with E-state index < -0.39 is 0 Å². The Hall–Kier alpha value is -0.850. The van der Waals surface area contributed by atoms with Crippen LogP contribution < -0.4 is 0 Å². The molecule has 0 saturated carbocycles. The standard InChI is InChI=1S/C7H10O/c1-3-4-5-7(2)6-8/h3-7H,1H2,2H3. The van der Waals surface area contributed by atoms with Gasteiger partial charge in [-0.05, 0) is 0 Å². The van der Waals surface area contributed by atoms with Crippen molar-refractivity contribution in [2.75, 3.05) is 0 Å². The van der Waals surface area contributed by atoms with Gasteiger partial charge in [0.05, 0.1) is 0 Å². The van der Waals surface area contributed by atoms with E-state index in [4.69, 9.17) is 0 Å². The zero-order valence-corrected chi connectivity index (χ0v) is 5.00. The molecule has 0 radical (unpaired) electrons. The molecule has 1 heteroatoms. The normalized spacial score (nSPS) is 13.6. The van der Waals surface area contributed by atoms with Crippen LogP contribution in [-0.2, 0) is 4.79 Å². The highest BCUT2D eigenvalue weighted by Gasteiger charge is 1.86. The molecule has 0 N–H and O–H groups in total. The van der Waals surface area contributed by atoms with Gasteiger partial charge in [-0.1, -0.05) is 31.7 Å². The first kappa shape index (κ1) is 7.15. The number of carbonyl (C=O) groups excluding carboxylic acids is 1. The van der Waals surface area contributed by atoms with Gasteiger partial charge in [0.2, 0.25) is 0 Å². The highest BCUT2D eigenvalue weighted by Crippen LogP contribution is 1.89. The lowest BCUT2D eigenvalue weighted by Gasteiger charge is -1.86. The first-order chi connectivity index (χ1) is 3.81. The molecule has 0 fully saturated rings. The molecule has 0 aliphatic rings. The fraction of sp³-hybridized carbons (Fsp3) is 0.286. The lowest BCUT2D eigenvalue weighted by molar-refractivity contribution is -0.109. The molecule has 0 amide bonds. The second kappa shape index (κ2) is 4.31. The van der Waals surface area contributed by atoms with Crippen LogP contribution in [0.25, 0.3) is 0 Å². The quantitative estimate of drug-likeness (QED) is 0.398. The highest BCUT2D eigenvalue weighted by atomic mass is 16.1. The number of aldehydes is 1. The van der Waals surface area contributed by atoms with Gasteiger partial charge in [0.15, 0.2) is 0 Å². The number of hydrogen-bond donors (Lipinski definition) is 0. The van der Waals surface area contributed by atoms with E-state index in [2.05, 4.69) is 6.58 Å². The van der Waals surface area contributed by atoms with E-state index in [1.807, 2.05) is 6.92 Å². The molecule has 44 valence electrons. The third kappa shape index (κ3) is 3.34. The summed E-state index contributed by atoms with van der Waals surface area (Å²) in [5.41, 5.74) is 0. The van der Waals surface area contributed by atoms with Crippen LogP contribution in [0.1, 0.15) is 6.92 Å². The summed E-state index contributed by atoms with van der Waals surface area (Å²) in [6, 6.07) is 0. The van der Waals surface area contributed by atoms with Crippen molar-refractivity contribution in [2.24, 2.45) is 5.92 Å². The minimum absolute atomic E-state index is 0.0213. The lowest BCUT2D eigenvalue weighted by atomic mass is 10.2. The Labute approximate surface area is 49.7 Å². The van der Waals surface area contributed by atoms with Crippen LogP contribution in [0.15, 0.2) is 24.8 Å². The molecule has 0 bridgehead atoms. The summed E-state index contributed by atoms with van der Waals surface area (Å²) < 4.78 is 0. The van der Waals surface area contributed by atoms with Crippen molar-refractivity contribution in [3.05, 3.63) is 24.8 Å². The largest absolute Gasteiger partial charge is 0.303 e. The Kier molecular flexibility index (Phi) is 3.85. The van der Waals surface area contributed by atoms with Crippen molar-refractivity contribution in [1.82, 2.24) is 0 Å². The minimum Gasteiger partial charge on any atom is -0.303 e. The van der Waals surface area contributed by atoms with Crippen molar-refractivity contribution >= 4 is 6.29 Å². The summed E-state index contributed by atoms with van der Waals surface area (Å²) in [7, 11) is 0. The Balaban J connectivity index is 3.50. The van der Waals surface area contributed by atoms with Crippen LogP contribution in [0, 0.1) is 5.92 Å². The molecular weight excluding hydrogens is 100 g/mol. The molecule has 0 spiro atoms. The van der Waals surface area contributed by atoms with Crippen LogP contribution in [-0.4, -0.2) is 6.29 Å². The van der Waals surface area contributed by atoms with Gasteiger partial charge >= 0.3 is 0 Å². The van der Waals surface area contributed by atoms with Gasteiger partial charge in [0, 0.05) is 5.92 Å². The van der Waals surface area contributed by atoms with Gasteiger partial charge in [-0.15, -0.1) is 0 Å². The van der Waals surface area contributed by atoms with Crippen molar-refractivity contribution < 1.29 is 4.79 Å². The molecule has 0 aromatic rings. The molecule has 0 heterocycles. The van der Waals surface area contributed by atoms with E-state index in [0.717, 1.165) is 6.29 Å². The van der Waals surface area contributed by atoms with E-state index in [9.17, 15) is 4.79 Å². The van der Waals surface area contributed by atoms with E-state index in [-0.39, 0.29) is 5.92 Å². The summed E-state index contributed by atoms with van der Waals surface area (Å²) in [5, 5.41) is 0. The van der Waals surface area contributed by atoms with E-state index in [1.54, 1.807) is 18.2 Å². The van der Waals surface area contributed by atoms with Gasteiger partial charge in [0.1, 0.15) is 6.29 Å². The van der Waals surface area contributed by atoms with E-state index in [1.165, 1.54) is 0 Å².